The number of hydrogen-bond donors (Lipinski definition) is 2. The summed E-state index contributed by atoms with van der Waals surface area (Å²) in [6.45, 7) is 3.34. The maximum Gasteiger partial charge on any atom is 0.126 e. The standard InChI is InChI=1S/C4H7N3/c1-2-4(3-5)7-6/h2,4,7H,1,6H2. The first-order valence-electron chi connectivity index (χ1n) is 1.83. The first-order valence-corrected chi connectivity index (χ1v) is 1.83. The van der Waals surface area contributed by atoms with Gasteiger partial charge in [0.15, 0.2) is 0 Å². The molecule has 0 spiro atoms. The van der Waals surface area contributed by atoms with Gasteiger partial charge in [0.25, 0.3) is 0 Å². The second-order valence-electron chi connectivity index (χ2n) is 1.01. The summed E-state index contributed by atoms with van der Waals surface area (Å²) >= 11 is 0. The molecule has 0 rings (SSSR count). The van der Waals surface area contributed by atoms with Crippen LogP contribution in [0.3, 0.4) is 0 Å². The fourth-order valence-electron chi connectivity index (χ4n) is 0.158. The van der Waals surface area contributed by atoms with E-state index in [0.29, 0.717) is 0 Å². The zero-order valence-electron chi connectivity index (χ0n) is 3.89. The van der Waals surface area contributed by atoms with Crippen molar-refractivity contribution in [1.82, 2.24) is 5.43 Å². The minimum Gasteiger partial charge on any atom is -0.270 e. The quantitative estimate of drug-likeness (QED) is 0.278. The van der Waals surface area contributed by atoms with E-state index in [0.717, 1.165) is 0 Å². The fraction of sp³-hybridized carbons (Fsp3) is 0.250. The van der Waals surface area contributed by atoms with E-state index in [4.69, 9.17) is 11.1 Å². The van der Waals surface area contributed by atoms with Gasteiger partial charge in [-0.1, -0.05) is 6.08 Å². The maximum absolute atomic E-state index is 8.06. The van der Waals surface area contributed by atoms with Crippen molar-refractivity contribution in [3.05, 3.63) is 12.7 Å². The Bertz CT molecular complexity index is 91.6. The Morgan fingerprint density at radius 1 is 2.00 bits per heavy atom. The molecule has 0 aromatic carbocycles. The molecule has 0 heterocycles. The highest BCUT2D eigenvalue weighted by Gasteiger charge is 1.91. The third-order valence-electron chi connectivity index (χ3n) is 0.554. The van der Waals surface area contributed by atoms with Crippen molar-refractivity contribution in [2.75, 3.05) is 0 Å². The van der Waals surface area contributed by atoms with Gasteiger partial charge in [-0.3, -0.25) is 5.84 Å². The topological polar surface area (TPSA) is 61.8 Å². The second kappa shape index (κ2) is 3.34. The molecule has 0 aliphatic carbocycles. The van der Waals surface area contributed by atoms with Crippen LogP contribution in [0.1, 0.15) is 0 Å². The van der Waals surface area contributed by atoms with Gasteiger partial charge in [0, 0.05) is 0 Å². The Kier molecular flexibility index (Phi) is 2.94. The van der Waals surface area contributed by atoms with Crippen LogP contribution in [-0.2, 0) is 0 Å². The lowest BCUT2D eigenvalue weighted by Gasteiger charge is -1.94. The van der Waals surface area contributed by atoms with E-state index in [9.17, 15) is 0 Å². The third-order valence-corrected chi connectivity index (χ3v) is 0.554. The van der Waals surface area contributed by atoms with Crippen molar-refractivity contribution in [3.63, 3.8) is 0 Å². The van der Waals surface area contributed by atoms with Crippen molar-refractivity contribution in [3.8, 4) is 6.07 Å². The Morgan fingerprint density at radius 2 is 2.57 bits per heavy atom. The van der Waals surface area contributed by atoms with E-state index >= 15 is 0 Å². The van der Waals surface area contributed by atoms with Gasteiger partial charge in [-0.05, 0) is 0 Å². The highest BCUT2D eigenvalue weighted by atomic mass is 15.2. The summed E-state index contributed by atoms with van der Waals surface area (Å²) in [6.07, 6.45) is 1.43. The average molecular weight is 97.1 g/mol. The summed E-state index contributed by atoms with van der Waals surface area (Å²) in [5.74, 6) is 4.85. The molecular formula is C4H7N3. The normalized spacial score (nSPS) is 12.0. The number of hydrogen-bond acceptors (Lipinski definition) is 3. The molecule has 0 saturated heterocycles. The Morgan fingerprint density at radius 3 is 2.57 bits per heavy atom. The maximum atomic E-state index is 8.06. The highest BCUT2D eigenvalue weighted by molar-refractivity contribution is 5.00. The summed E-state index contributed by atoms with van der Waals surface area (Å²) in [6, 6.07) is 1.43. The number of hydrazine groups is 1. The van der Waals surface area contributed by atoms with Gasteiger partial charge in [0.05, 0.1) is 6.07 Å². The molecule has 0 bridgehead atoms. The molecule has 0 fully saturated rings. The molecule has 3 heteroatoms. The summed E-state index contributed by atoms with van der Waals surface area (Å²) in [5.41, 5.74) is 2.22. The Balaban J connectivity index is 3.43. The summed E-state index contributed by atoms with van der Waals surface area (Å²) in [4.78, 5) is 0. The van der Waals surface area contributed by atoms with E-state index in [1.807, 2.05) is 6.07 Å². The van der Waals surface area contributed by atoms with Gasteiger partial charge in [-0.25, -0.2) is 5.43 Å². The van der Waals surface area contributed by atoms with Crippen molar-refractivity contribution >= 4 is 0 Å². The summed E-state index contributed by atoms with van der Waals surface area (Å²) in [5, 5.41) is 8.06. The number of nitrogens with one attached hydrogen (secondary N) is 1. The lowest BCUT2D eigenvalue weighted by Crippen LogP contribution is -2.31. The molecule has 3 nitrogen and oxygen atoms in total. The van der Waals surface area contributed by atoms with Crippen LogP contribution < -0.4 is 11.3 Å². The first kappa shape index (κ1) is 6.15. The van der Waals surface area contributed by atoms with Gasteiger partial charge >= 0.3 is 0 Å². The van der Waals surface area contributed by atoms with Gasteiger partial charge in [-0.15, -0.1) is 6.58 Å². The predicted octanol–water partition coefficient (Wildman–Crippen LogP) is -0.472. The van der Waals surface area contributed by atoms with Crippen LogP contribution in [0.25, 0.3) is 0 Å². The second-order valence-corrected chi connectivity index (χ2v) is 1.01. The van der Waals surface area contributed by atoms with Crippen LogP contribution in [0, 0.1) is 11.3 Å². The van der Waals surface area contributed by atoms with E-state index in [1.165, 1.54) is 6.08 Å². The van der Waals surface area contributed by atoms with Crippen LogP contribution in [0.5, 0.6) is 0 Å². The monoisotopic (exact) mass is 97.1 g/mol. The van der Waals surface area contributed by atoms with Crippen molar-refractivity contribution in [1.29, 1.82) is 5.26 Å². The van der Waals surface area contributed by atoms with E-state index in [1.54, 1.807) is 0 Å². The van der Waals surface area contributed by atoms with Crippen LogP contribution in [0.4, 0.5) is 0 Å². The van der Waals surface area contributed by atoms with Crippen LogP contribution in [0.15, 0.2) is 12.7 Å². The molecule has 7 heavy (non-hydrogen) atoms. The lowest BCUT2D eigenvalue weighted by molar-refractivity contribution is 0.730. The fourth-order valence-corrected chi connectivity index (χ4v) is 0.158. The molecule has 38 valence electrons. The molecule has 3 N–H and O–H groups in total. The molecule has 1 unspecified atom stereocenters. The molecule has 0 radical (unpaired) electrons. The molecule has 0 saturated carbocycles. The molecular weight excluding hydrogens is 90.1 g/mol. The van der Waals surface area contributed by atoms with Gasteiger partial charge in [0.2, 0.25) is 0 Å². The average Bonchev–Trinajstić information content (AvgIpc) is 1.72. The van der Waals surface area contributed by atoms with Gasteiger partial charge in [-0.2, -0.15) is 5.26 Å². The number of rotatable bonds is 2. The third kappa shape index (κ3) is 1.93. The number of nitrogens with zero attached hydrogens (tertiary/aromatic N) is 1. The van der Waals surface area contributed by atoms with Crippen molar-refractivity contribution in [2.24, 2.45) is 5.84 Å². The first-order chi connectivity index (χ1) is 3.35. The Hall–Kier alpha value is -0.850. The number of nitrogens with two attached hydrogens (primary N) is 1. The van der Waals surface area contributed by atoms with Crippen molar-refractivity contribution < 1.29 is 0 Å². The van der Waals surface area contributed by atoms with E-state index in [2.05, 4.69) is 12.0 Å². The van der Waals surface area contributed by atoms with Gasteiger partial charge in [0.1, 0.15) is 6.04 Å². The molecule has 1 atom stereocenters. The van der Waals surface area contributed by atoms with Crippen LogP contribution >= 0.6 is 0 Å². The summed E-state index contributed by atoms with van der Waals surface area (Å²) < 4.78 is 0. The molecule has 0 aromatic heterocycles. The number of nitriles is 1. The molecule has 0 aliphatic rings. The zero-order valence-corrected chi connectivity index (χ0v) is 3.89. The lowest BCUT2D eigenvalue weighted by atomic mass is 10.3. The smallest absolute Gasteiger partial charge is 0.126 e. The zero-order chi connectivity index (χ0) is 5.70. The van der Waals surface area contributed by atoms with Crippen molar-refractivity contribution in [2.45, 2.75) is 6.04 Å². The minimum atomic E-state index is -0.417. The SMILES string of the molecule is C=CC(C#N)NN. The van der Waals surface area contributed by atoms with Crippen LogP contribution in [-0.4, -0.2) is 6.04 Å². The summed E-state index contributed by atoms with van der Waals surface area (Å²) in [7, 11) is 0. The molecule has 0 amide bonds. The van der Waals surface area contributed by atoms with E-state index in [-0.39, 0.29) is 0 Å². The Labute approximate surface area is 42.4 Å². The van der Waals surface area contributed by atoms with Crippen LogP contribution in [0.2, 0.25) is 0 Å². The minimum absolute atomic E-state index is 0.417. The largest absolute Gasteiger partial charge is 0.270 e. The van der Waals surface area contributed by atoms with E-state index < -0.39 is 6.04 Å². The molecule has 0 aromatic rings. The molecule has 0 aliphatic heterocycles. The van der Waals surface area contributed by atoms with Gasteiger partial charge < -0.3 is 0 Å². The predicted molar refractivity (Wildman–Crippen MR) is 26.9 cm³/mol. The highest BCUT2D eigenvalue weighted by Crippen LogP contribution is 1.73.